The summed E-state index contributed by atoms with van der Waals surface area (Å²) in [6.07, 6.45) is -0.0343. The van der Waals surface area contributed by atoms with E-state index in [4.69, 9.17) is 4.74 Å². The van der Waals surface area contributed by atoms with Gasteiger partial charge in [-0.15, -0.1) is 0 Å². The van der Waals surface area contributed by atoms with Gasteiger partial charge in [-0.25, -0.2) is 4.79 Å². The van der Waals surface area contributed by atoms with Gasteiger partial charge in [0.2, 0.25) is 5.91 Å². The fourth-order valence-electron chi connectivity index (χ4n) is 1.75. The molecule has 2 amide bonds. The smallest absolute Gasteiger partial charge is 0.408 e. The van der Waals surface area contributed by atoms with Gasteiger partial charge in [-0.3, -0.25) is 9.59 Å². The second-order valence-corrected chi connectivity index (χ2v) is 5.47. The Kier molecular flexibility index (Phi) is 4.69. The number of amides is 2. The maximum atomic E-state index is 11.5. The van der Waals surface area contributed by atoms with Gasteiger partial charge in [0.25, 0.3) is 0 Å². The summed E-state index contributed by atoms with van der Waals surface area (Å²) >= 11 is 0. The average Bonchev–Trinajstić information content (AvgIpc) is 2.60. The van der Waals surface area contributed by atoms with Crippen molar-refractivity contribution in [3.63, 3.8) is 0 Å². The molecule has 1 aliphatic heterocycles. The SMILES string of the molecule is CC(C)(C)NC(=O)O[C@H](C=O)C[C@@H]1CCNC1=O. The summed E-state index contributed by atoms with van der Waals surface area (Å²) in [5, 5.41) is 5.28. The third kappa shape index (κ3) is 4.73. The highest BCUT2D eigenvalue weighted by atomic mass is 16.6. The molecule has 0 aromatic heterocycles. The molecule has 0 aromatic rings. The second-order valence-electron chi connectivity index (χ2n) is 5.47. The Morgan fingerprint density at radius 3 is 2.72 bits per heavy atom. The van der Waals surface area contributed by atoms with Crippen LogP contribution in [-0.2, 0) is 14.3 Å². The van der Waals surface area contributed by atoms with Crippen molar-refractivity contribution in [3.8, 4) is 0 Å². The van der Waals surface area contributed by atoms with Crippen LogP contribution in [0.2, 0.25) is 0 Å². The molecule has 1 fully saturated rings. The van der Waals surface area contributed by atoms with Crippen LogP contribution in [0.3, 0.4) is 0 Å². The molecular formula is C12H20N2O4. The van der Waals surface area contributed by atoms with E-state index < -0.39 is 17.7 Å². The first kappa shape index (κ1) is 14.5. The number of aldehydes is 1. The minimum atomic E-state index is -0.874. The van der Waals surface area contributed by atoms with E-state index in [0.717, 1.165) is 0 Å². The molecule has 6 nitrogen and oxygen atoms in total. The standard InChI is InChI=1S/C12H20N2O4/c1-12(2,3)14-11(17)18-9(7-15)6-8-4-5-13-10(8)16/h7-9H,4-6H2,1-3H3,(H,13,16)(H,14,17)/t8-,9-/m0/s1. The van der Waals surface area contributed by atoms with Crippen molar-refractivity contribution < 1.29 is 19.1 Å². The molecule has 102 valence electrons. The lowest BCUT2D eigenvalue weighted by molar-refractivity contribution is -0.124. The van der Waals surface area contributed by atoms with Gasteiger partial charge in [0.1, 0.15) is 0 Å². The van der Waals surface area contributed by atoms with Crippen LogP contribution in [0, 0.1) is 5.92 Å². The summed E-state index contributed by atoms with van der Waals surface area (Å²) in [7, 11) is 0. The first-order valence-electron chi connectivity index (χ1n) is 6.03. The predicted molar refractivity (Wildman–Crippen MR) is 65.0 cm³/mol. The molecule has 0 spiro atoms. The molecule has 1 heterocycles. The fourth-order valence-corrected chi connectivity index (χ4v) is 1.75. The third-order valence-electron chi connectivity index (χ3n) is 2.57. The summed E-state index contributed by atoms with van der Waals surface area (Å²) in [6, 6.07) is 0. The Bertz CT molecular complexity index is 335. The van der Waals surface area contributed by atoms with Crippen LogP contribution in [0.1, 0.15) is 33.6 Å². The van der Waals surface area contributed by atoms with Crippen LogP contribution in [0.4, 0.5) is 4.79 Å². The Labute approximate surface area is 106 Å². The summed E-state index contributed by atoms with van der Waals surface area (Å²) < 4.78 is 4.99. The Morgan fingerprint density at radius 1 is 1.61 bits per heavy atom. The van der Waals surface area contributed by atoms with Gasteiger partial charge in [0.15, 0.2) is 12.4 Å². The van der Waals surface area contributed by atoms with Crippen LogP contribution < -0.4 is 10.6 Å². The average molecular weight is 256 g/mol. The molecule has 0 radical (unpaired) electrons. The topological polar surface area (TPSA) is 84.5 Å². The van der Waals surface area contributed by atoms with Crippen molar-refractivity contribution >= 4 is 18.3 Å². The highest BCUT2D eigenvalue weighted by Crippen LogP contribution is 2.17. The maximum absolute atomic E-state index is 11.5. The Morgan fingerprint density at radius 2 is 2.28 bits per heavy atom. The van der Waals surface area contributed by atoms with E-state index in [1.807, 2.05) is 20.8 Å². The molecule has 1 saturated heterocycles. The molecular weight excluding hydrogens is 236 g/mol. The monoisotopic (exact) mass is 256 g/mol. The van der Waals surface area contributed by atoms with E-state index in [0.29, 0.717) is 19.3 Å². The molecule has 0 saturated carbocycles. The van der Waals surface area contributed by atoms with E-state index in [-0.39, 0.29) is 18.2 Å². The van der Waals surface area contributed by atoms with Gasteiger partial charge in [-0.1, -0.05) is 0 Å². The van der Waals surface area contributed by atoms with Crippen molar-refractivity contribution in [2.45, 2.75) is 45.3 Å². The van der Waals surface area contributed by atoms with Gasteiger partial charge >= 0.3 is 6.09 Å². The van der Waals surface area contributed by atoms with Gasteiger partial charge in [0.05, 0.1) is 0 Å². The number of hydrogen-bond acceptors (Lipinski definition) is 4. The van der Waals surface area contributed by atoms with E-state index in [1.54, 1.807) is 0 Å². The van der Waals surface area contributed by atoms with E-state index >= 15 is 0 Å². The number of ether oxygens (including phenoxy) is 1. The maximum Gasteiger partial charge on any atom is 0.408 e. The molecule has 0 bridgehead atoms. The second kappa shape index (κ2) is 5.84. The van der Waals surface area contributed by atoms with E-state index in [2.05, 4.69) is 10.6 Å². The predicted octanol–water partition coefficient (Wildman–Crippen LogP) is 0.605. The van der Waals surface area contributed by atoms with Crippen molar-refractivity contribution in [1.29, 1.82) is 0 Å². The summed E-state index contributed by atoms with van der Waals surface area (Å²) in [6.45, 7) is 6.06. The van der Waals surface area contributed by atoms with E-state index in [1.165, 1.54) is 0 Å². The van der Waals surface area contributed by atoms with Crippen LogP contribution in [0.25, 0.3) is 0 Å². The number of rotatable bonds is 4. The molecule has 0 unspecified atom stereocenters. The Hall–Kier alpha value is -1.59. The minimum Gasteiger partial charge on any atom is -0.439 e. The highest BCUT2D eigenvalue weighted by molar-refractivity contribution is 5.81. The zero-order valence-electron chi connectivity index (χ0n) is 11.0. The summed E-state index contributed by atoms with van der Waals surface area (Å²) in [5.74, 6) is -0.329. The van der Waals surface area contributed by atoms with Crippen LogP contribution in [-0.4, -0.2) is 36.5 Å². The van der Waals surface area contributed by atoms with Crippen molar-refractivity contribution in [3.05, 3.63) is 0 Å². The van der Waals surface area contributed by atoms with Crippen molar-refractivity contribution in [2.24, 2.45) is 5.92 Å². The fraction of sp³-hybridized carbons (Fsp3) is 0.750. The third-order valence-corrected chi connectivity index (χ3v) is 2.57. The number of nitrogens with one attached hydrogen (secondary N) is 2. The molecule has 0 aromatic carbocycles. The number of carbonyl (C=O) groups excluding carboxylic acids is 3. The lowest BCUT2D eigenvalue weighted by atomic mass is 10.0. The first-order valence-corrected chi connectivity index (χ1v) is 6.03. The van der Waals surface area contributed by atoms with Crippen LogP contribution in [0.5, 0.6) is 0 Å². The first-order chi connectivity index (χ1) is 8.31. The molecule has 1 aliphatic rings. The summed E-state index contributed by atoms with van der Waals surface area (Å²) in [5.41, 5.74) is -0.421. The zero-order chi connectivity index (χ0) is 13.8. The van der Waals surface area contributed by atoms with Crippen molar-refractivity contribution in [1.82, 2.24) is 10.6 Å². The lowest BCUT2D eigenvalue weighted by Gasteiger charge is -2.22. The zero-order valence-corrected chi connectivity index (χ0v) is 11.0. The van der Waals surface area contributed by atoms with E-state index in [9.17, 15) is 14.4 Å². The Balaban J connectivity index is 2.44. The van der Waals surface area contributed by atoms with Gasteiger partial charge in [-0.05, 0) is 27.2 Å². The number of carbonyl (C=O) groups is 3. The highest BCUT2D eigenvalue weighted by Gasteiger charge is 2.29. The van der Waals surface area contributed by atoms with Gasteiger partial charge in [0, 0.05) is 24.4 Å². The summed E-state index contributed by atoms with van der Waals surface area (Å²) in [4.78, 5) is 33.7. The van der Waals surface area contributed by atoms with Gasteiger partial charge in [-0.2, -0.15) is 0 Å². The minimum absolute atomic E-state index is 0.0818. The molecule has 2 atom stereocenters. The quantitative estimate of drug-likeness (QED) is 0.722. The van der Waals surface area contributed by atoms with Gasteiger partial charge < -0.3 is 15.4 Å². The van der Waals surface area contributed by atoms with Crippen molar-refractivity contribution in [2.75, 3.05) is 6.54 Å². The molecule has 2 N–H and O–H groups in total. The molecule has 1 rings (SSSR count). The van der Waals surface area contributed by atoms with Crippen LogP contribution >= 0.6 is 0 Å². The molecule has 18 heavy (non-hydrogen) atoms. The largest absolute Gasteiger partial charge is 0.439 e. The number of alkyl carbamates (subject to hydrolysis) is 1. The number of hydrogen-bond donors (Lipinski definition) is 2. The molecule has 6 heteroatoms. The lowest BCUT2D eigenvalue weighted by Crippen LogP contribution is -2.42. The van der Waals surface area contributed by atoms with Crippen LogP contribution in [0.15, 0.2) is 0 Å². The molecule has 0 aliphatic carbocycles. The normalized spacial score (nSPS) is 21.1.